The standard InChI is InChI=1S/C15H16O2/c16-14-8-4-5-12(11-14)9-10-15(17)13-6-2-1-3-7-13/h1-8,11,15-17H,9-10H2. The number of rotatable bonds is 4. The van der Waals surface area contributed by atoms with Gasteiger partial charge in [-0.3, -0.25) is 0 Å². The molecule has 0 aliphatic rings. The molecule has 1 unspecified atom stereocenters. The zero-order chi connectivity index (χ0) is 12.1. The van der Waals surface area contributed by atoms with Gasteiger partial charge in [0.1, 0.15) is 5.75 Å². The molecule has 17 heavy (non-hydrogen) atoms. The van der Waals surface area contributed by atoms with Crippen LogP contribution in [0.4, 0.5) is 0 Å². The van der Waals surface area contributed by atoms with Crippen LogP contribution < -0.4 is 0 Å². The quantitative estimate of drug-likeness (QED) is 0.844. The molecule has 88 valence electrons. The summed E-state index contributed by atoms with van der Waals surface area (Å²) < 4.78 is 0. The summed E-state index contributed by atoms with van der Waals surface area (Å²) in [6.45, 7) is 0. The number of benzene rings is 2. The average molecular weight is 228 g/mol. The predicted octanol–water partition coefficient (Wildman–Crippen LogP) is 3.06. The summed E-state index contributed by atoms with van der Waals surface area (Å²) >= 11 is 0. The van der Waals surface area contributed by atoms with Crippen molar-refractivity contribution in [3.63, 3.8) is 0 Å². The Morgan fingerprint density at radius 1 is 0.941 bits per heavy atom. The molecule has 0 spiro atoms. The van der Waals surface area contributed by atoms with Gasteiger partial charge in [0.2, 0.25) is 0 Å². The van der Waals surface area contributed by atoms with E-state index in [1.807, 2.05) is 42.5 Å². The van der Waals surface area contributed by atoms with Crippen molar-refractivity contribution in [2.45, 2.75) is 18.9 Å². The van der Waals surface area contributed by atoms with E-state index in [-0.39, 0.29) is 5.75 Å². The van der Waals surface area contributed by atoms with E-state index in [2.05, 4.69) is 0 Å². The molecule has 0 bridgehead atoms. The van der Waals surface area contributed by atoms with Gasteiger partial charge in [-0.15, -0.1) is 0 Å². The zero-order valence-electron chi connectivity index (χ0n) is 9.58. The van der Waals surface area contributed by atoms with Crippen LogP contribution in [-0.2, 0) is 6.42 Å². The molecule has 0 fully saturated rings. The Balaban J connectivity index is 1.95. The third-order valence-corrected chi connectivity index (χ3v) is 2.80. The van der Waals surface area contributed by atoms with Crippen LogP contribution in [0.3, 0.4) is 0 Å². The van der Waals surface area contributed by atoms with E-state index in [0.717, 1.165) is 17.5 Å². The van der Waals surface area contributed by atoms with Crippen LogP contribution in [0.5, 0.6) is 5.75 Å². The van der Waals surface area contributed by atoms with E-state index in [1.54, 1.807) is 12.1 Å². The molecule has 2 rings (SSSR count). The number of phenols is 1. The van der Waals surface area contributed by atoms with E-state index >= 15 is 0 Å². The van der Waals surface area contributed by atoms with Gasteiger partial charge in [0, 0.05) is 0 Å². The summed E-state index contributed by atoms with van der Waals surface area (Å²) in [6, 6.07) is 16.8. The van der Waals surface area contributed by atoms with Crippen molar-refractivity contribution in [2.75, 3.05) is 0 Å². The Kier molecular flexibility index (Phi) is 3.78. The second kappa shape index (κ2) is 5.51. The lowest BCUT2D eigenvalue weighted by molar-refractivity contribution is 0.168. The highest BCUT2D eigenvalue weighted by Gasteiger charge is 2.06. The van der Waals surface area contributed by atoms with Crippen LogP contribution in [0.2, 0.25) is 0 Å². The second-order valence-corrected chi connectivity index (χ2v) is 4.14. The highest BCUT2D eigenvalue weighted by Crippen LogP contribution is 2.20. The van der Waals surface area contributed by atoms with Crippen LogP contribution in [0.1, 0.15) is 23.7 Å². The Morgan fingerprint density at radius 3 is 2.41 bits per heavy atom. The third kappa shape index (κ3) is 3.33. The molecule has 0 heterocycles. The summed E-state index contributed by atoms with van der Waals surface area (Å²) in [6.07, 6.45) is 0.969. The number of aliphatic hydroxyl groups is 1. The Labute approximate surface area is 101 Å². The summed E-state index contributed by atoms with van der Waals surface area (Å²) in [7, 11) is 0. The number of phenolic OH excluding ortho intramolecular Hbond substituents is 1. The lowest BCUT2D eigenvalue weighted by Crippen LogP contribution is -1.99. The van der Waals surface area contributed by atoms with Crippen LogP contribution in [0.25, 0.3) is 0 Å². The Morgan fingerprint density at radius 2 is 1.71 bits per heavy atom. The van der Waals surface area contributed by atoms with Crippen molar-refractivity contribution in [2.24, 2.45) is 0 Å². The fraction of sp³-hybridized carbons (Fsp3) is 0.200. The van der Waals surface area contributed by atoms with Gasteiger partial charge in [-0.1, -0.05) is 42.5 Å². The van der Waals surface area contributed by atoms with Gasteiger partial charge in [0.15, 0.2) is 0 Å². The van der Waals surface area contributed by atoms with Gasteiger partial charge in [0.25, 0.3) is 0 Å². The number of hydrogen-bond acceptors (Lipinski definition) is 2. The van der Waals surface area contributed by atoms with Crippen molar-refractivity contribution in [1.82, 2.24) is 0 Å². The van der Waals surface area contributed by atoms with Crippen LogP contribution in [0.15, 0.2) is 54.6 Å². The van der Waals surface area contributed by atoms with E-state index in [0.29, 0.717) is 6.42 Å². The smallest absolute Gasteiger partial charge is 0.115 e. The maximum atomic E-state index is 9.99. The summed E-state index contributed by atoms with van der Waals surface area (Å²) in [4.78, 5) is 0. The number of hydrogen-bond donors (Lipinski definition) is 2. The normalized spacial score (nSPS) is 12.3. The molecule has 0 amide bonds. The molecule has 0 radical (unpaired) electrons. The van der Waals surface area contributed by atoms with E-state index in [9.17, 15) is 10.2 Å². The fourth-order valence-electron chi connectivity index (χ4n) is 1.86. The van der Waals surface area contributed by atoms with E-state index < -0.39 is 6.10 Å². The van der Waals surface area contributed by atoms with Gasteiger partial charge in [-0.25, -0.2) is 0 Å². The second-order valence-electron chi connectivity index (χ2n) is 4.14. The first-order valence-corrected chi connectivity index (χ1v) is 5.76. The van der Waals surface area contributed by atoms with Gasteiger partial charge in [-0.2, -0.15) is 0 Å². The molecule has 2 nitrogen and oxygen atoms in total. The van der Waals surface area contributed by atoms with Gasteiger partial charge >= 0.3 is 0 Å². The molecule has 1 atom stereocenters. The lowest BCUT2D eigenvalue weighted by atomic mass is 10.0. The maximum Gasteiger partial charge on any atom is 0.115 e. The zero-order valence-corrected chi connectivity index (χ0v) is 9.58. The lowest BCUT2D eigenvalue weighted by Gasteiger charge is -2.10. The topological polar surface area (TPSA) is 40.5 Å². The molecular formula is C15H16O2. The highest BCUT2D eigenvalue weighted by atomic mass is 16.3. The summed E-state index contributed by atoms with van der Waals surface area (Å²) in [5, 5.41) is 19.3. The van der Waals surface area contributed by atoms with Crippen molar-refractivity contribution in [1.29, 1.82) is 0 Å². The van der Waals surface area contributed by atoms with Crippen molar-refractivity contribution >= 4 is 0 Å². The highest BCUT2D eigenvalue weighted by molar-refractivity contribution is 5.27. The SMILES string of the molecule is Oc1cccc(CCC(O)c2ccccc2)c1. The van der Waals surface area contributed by atoms with Gasteiger partial charge in [-0.05, 0) is 36.1 Å². The largest absolute Gasteiger partial charge is 0.508 e. The van der Waals surface area contributed by atoms with Gasteiger partial charge < -0.3 is 10.2 Å². The third-order valence-electron chi connectivity index (χ3n) is 2.80. The molecule has 0 aromatic heterocycles. The average Bonchev–Trinajstić information content (AvgIpc) is 2.37. The number of aliphatic hydroxyl groups excluding tert-OH is 1. The Hall–Kier alpha value is -1.80. The number of aryl methyl sites for hydroxylation is 1. The van der Waals surface area contributed by atoms with Gasteiger partial charge in [0.05, 0.1) is 6.10 Å². The van der Waals surface area contributed by atoms with Crippen LogP contribution in [-0.4, -0.2) is 10.2 Å². The monoisotopic (exact) mass is 228 g/mol. The first-order chi connectivity index (χ1) is 8.25. The summed E-state index contributed by atoms with van der Waals surface area (Å²) in [5.74, 6) is 0.275. The van der Waals surface area contributed by atoms with Crippen molar-refractivity contribution in [3.05, 3.63) is 65.7 Å². The minimum atomic E-state index is -0.446. The Bertz CT molecular complexity index is 465. The first-order valence-electron chi connectivity index (χ1n) is 5.76. The molecule has 2 heteroatoms. The molecule has 0 aliphatic heterocycles. The van der Waals surface area contributed by atoms with E-state index in [1.165, 1.54) is 0 Å². The molecule has 0 saturated carbocycles. The molecule has 2 N–H and O–H groups in total. The molecule has 2 aromatic rings. The van der Waals surface area contributed by atoms with Crippen LogP contribution in [0, 0.1) is 0 Å². The van der Waals surface area contributed by atoms with Crippen molar-refractivity contribution in [3.8, 4) is 5.75 Å². The molecule has 0 saturated heterocycles. The predicted molar refractivity (Wildman–Crippen MR) is 67.8 cm³/mol. The molecule has 0 aliphatic carbocycles. The van der Waals surface area contributed by atoms with E-state index in [4.69, 9.17) is 0 Å². The van der Waals surface area contributed by atoms with Crippen molar-refractivity contribution < 1.29 is 10.2 Å². The molecule has 2 aromatic carbocycles. The minimum Gasteiger partial charge on any atom is -0.508 e. The minimum absolute atomic E-state index is 0.275. The number of aromatic hydroxyl groups is 1. The molecular weight excluding hydrogens is 212 g/mol. The van der Waals surface area contributed by atoms with Crippen LogP contribution >= 0.6 is 0 Å². The maximum absolute atomic E-state index is 9.99. The summed E-state index contributed by atoms with van der Waals surface area (Å²) in [5.41, 5.74) is 1.98. The first kappa shape index (κ1) is 11.7. The fourth-order valence-corrected chi connectivity index (χ4v) is 1.86.